The van der Waals surface area contributed by atoms with Crippen LogP contribution in [0.5, 0.6) is 0 Å². The molecule has 1 fully saturated rings. The van der Waals surface area contributed by atoms with Crippen LogP contribution in [0.2, 0.25) is 0 Å². The van der Waals surface area contributed by atoms with Gasteiger partial charge in [0, 0.05) is 36.1 Å². The van der Waals surface area contributed by atoms with Gasteiger partial charge in [-0.3, -0.25) is 0 Å². The quantitative estimate of drug-likeness (QED) is 0.711. The van der Waals surface area contributed by atoms with Gasteiger partial charge in [0.25, 0.3) is 0 Å². The van der Waals surface area contributed by atoms with Crippen LogP contribution in [0.25, 0.3) is 16.6 Å². The fraction of sp³-hybridized carbons (Fsp3) is 0.231. The van der Waals surface area contributed by atoms with Crippen molar-refractivity contribution in [3.05, 3.63) is 42.6 Å². The highest BCUT2D eigenvalue weighted by atomic mass is 15.3. The first-order chi connectivity index (χ1) is 8.92. The van der Waals surface area contributed by atoms with Gasteiger partial charge in [-0.25, -0.2) is 9.67 Å². The van der Waals surface area contributed by atoms with Crippen molar-refractivity contribution in [3.63, 3.8) is 0 Å². The lowest BCUT2D eigenvalue weighted by Gasteiger charge is -2.26. The van der Waals surface area contributed by atoms with Crippen LogP contribution in [0.4, 0.5) is 0 Å². The molecule has 1 aromatic carbocycles. The number of benzene rings is 1. The van der Waals surface area contributed by atoms with Gasteiger partial charge in [-0.05, 0) is 23.8 Å². The summed E-state index contributed by atoms with van der Waals surface area (Å²) in [5.41, 5.74) is 3.62. The molecule has 5 nitrogen and oxygen atoms in total. The van der Waals surface area contributed by atoms with E-state index in [2.05, 4.69) is 44.8 Å². The van der Waals surface area contributed by atoms with E-state index < -0.39 is 0 Å². The van der Waals surface area contributed by atoms with Crippen LogP contribution in [0, 0.1) is 0 Å². The minimum absolute atomic E-state index is 0.629. The largest absolute Gasteiger partial charge is 0.361 e. The maximum atomic E-state index is 4.17. The highest BCUT2D eigenvalue weighted by Crippen LogP contribution is 2.29. The summed E-state index contributed by atoms with van der Waals surface area (Å²) < 4.78 is 1.79. The van der Waals surface area contributed by atoms with Gasteiger partial charge in [-0.15, -0.1) is 0 Å². The molecule has 18 heavy (non-hydrogen) atoms. The zero-order valence-corrected chi connectivity index (χ0v) is 9.80. The first-order valence-corrected chi connectivity index (χ1v) is 6.08. The average Bonchev–Trinajstić information content (AvgIpc) is 2.96. The molecule has 4 rings (SSSR count). The third-order valence-corrected chi connectivity index (χ3v) is 3.60. The SMILES string of the molecule is c1ncn(-c2ccc3[nH]cc(C4CNC4)c3c2)n1. The van der Waals surface area contributed by atoms with E-state index in [1.807, 2.05) is 0 Å². The second kappa shape index (κ2) is 3.68. The standard InChI is InChI=1S/C13H13N5/c1-2-13-11(3-10(1)18-8-15-7-17-18)12(6-16-13)9-4-14-5-9/h1-3,6-9,14,16H,4-5H2. The molecule has 0 radical (unpaired) electrons. The molecule has 2 N–H and O–H groups in total. The van der Waals surface area contributed by atoms with Crippen molar-refractivity contribution >= 4 is 10.9 Å². The molecule has 1 aliphatic rings. The average molecular weight is 239 g/mol. The second-order valence-electron chi connectivity index (χ2n) is 4.67. The number of fused-ring (bicyclic) bond motifs is 1. The summed E-state index contributed by atoms with van der Waals surface area (Å²) in [6, 6.07) is 6.33. The van der Waals surface area contributed by atoms with Gasteiger partial charge in [0.15, 0.2) is 0 Å². The Hall–Kier alpha value is -2.14. The van der Waals surface area contributed by atoms with Gasteiger partial charge < -0.3 is 10.3 Å². The van der Waals surface area contributed by atoms with Gasteiger partial charge in [0.2, 0.25) is 0 Å². The van der Waals surface area contributed by atoms with Crippen LogP contribution < -0.4 is 5.32 Å². The number of hydrogen-bond donors (Lipinski definition) is 2. The minimum Gasteiger partial charge on any atom is -0.361 e. The third-order valence-electron chi connectivity index (χ3n) is 3.60. The smallest absolute Gasteiger partial charge is 0.138 e. The molecule has 0 amide bonds. The van der Waals surface area contributed by atoms with Crippen LogP contribution in [-0.2, 0) is 0 Å². The molecule has 0 bridgehead atoms. The van der Waals surface area contributed by atoms with Crippen LogP contribution in [0.3, 0.4) is 0 Å². The Balaban J connectivity index is 1.87. The van der Waals surface area contributed by atoms with Crippen molar-refractivity contribution < 1.29 is 0 Å². The van der Waals surface area contributed by atoms with Gasteiger partial charge in [-0.1, -0.05) is 0 Å². The molecule has 2 aromatic heterocycles. The predicted molar refractivity (Wildman–Crippen MR) is 68.8 cm³/mol. The summed E-state index contributed by atoms with van der Waals surface area (Å²) in [4.78, 5) is 7.32. The monoisotopic (exact) mass is 239 g/mol. The Kier molecular flexibility index (Phi) is 2.01. The van der Waals surface area contributed by atoms with Crippen LogP contribution in [0.1, 0.15) is 11.5 Å². The van der Waals surface area contributed by atoms with E-state index in [1.165, 1.54) is 16.5 Å². The van der Waals surface area contributed by atoms with E-state index >= 15 is 0 Å². The Morgan fingerprint density at radius 2 is 2.22 bits per heavy atom. The Bertz CT molecular complexity index is 679. The lowest BCUT2D eigenvalue weighted by Crippen LogP contribution is -2.39. The Morgan fingerprint density at radius 3 is 2.94 bits per heavy atom. The summed E-state index contributed by atoms with van der Waals surface area (Å²) in [6.07, 6.45) is 5.40. The summed E-state index contributed by atoms with van der Waals surface area (Å²) in [5, 5.41) is 8.77. The van der Waals surface area contributed by atoms with Gasteiger partial charge >= 0.3 is 0 Å². The van der Waals surface area contributed by atoms with E-state index in [0.717, 1.165) is 18.8 Å². The molecular weight excluding hydrogens is 226 g/mol. The molecule has 0 saturated carbocycles. The number of H-pyrrole nitrogens is 1. The third kappa shape index (κ3) is 1.37. The molecule has 5 heteroatoms. The summed E-state index contributed by atoms with van der Waals surface area (Å²) in [7, 11) is 0. The highest BCUT2D eigenvalue weighted by Gasteiger charge is 2.21. The van der Waals surface area contributed by atoms with Crippen LogP contribution >= 0.6 is 0 Å². The maximum Gasteiger partial charge on any atom is 0.138 e. The van der Waals surface area contributed by atoms with Gasteiger partial charge in [0.05, 0.1) is 5.69 Å². The Labute approximate surface area is 104 Å². The number of aromatic nitrogens is 4. The Morgan fingerprint density at radius 1 is 1.28 bits per heavy atom. The predicted octanol–water partition coefficient (Wildman–Crippen LogP) is 1.44. The van der Waals surface area contributed by atoms with Gasteiger partial charge in [0.1, 0.15) is 12.7 Å². The lowest BCUT2D eigenvalue weighted by molar-refractivity contribution is 0.451. The molecule has 0 spiro atoms. The number of nitrogens with one attached hydrogen (secondary N) is 2. The van der Waals surface area contributed by atoms with Crippen LogP contribution in [0.15, 0.2) is 37.1 Å². The number of aromatic amines is 1. The van der Waals surface area contributed by atoms with E-state index in [1.54, 1.807) is 17.3 Å². The molecule has 3 aromatic rings. The lowest BCUT2D eigenvalue weighted by atomic mass is 9.93. The van der Waals surface area contributed by atoms with Crippen molar-refractivity contribution in [3.8, 4) is 5.69 Å². The molecule has 0 unspecified atom stereocenters. The van der Waals surface area contributed by atoms with E-state index in [-0.39, 0.29) is 0 Å². The van der Waals surface area contributed by atoms with Crippen molar-refractivity contribution in [2.24, 2.45) is 0 Å². The zero-order chi connectivity index (χ0) is 11.9. The number of nitrogens with zero attached hydrogens (tertiary/aromatic N) is 3. The van der Waals surface area contributed by atoms with E-state index in [0.29, 0.717) is 5.92 Å². The molecule has 90 valence electrons. The van der Waals surface area contributed by atoms with Crippen LogP contribution in [-0.4, -0.2) is 32.8 Å². The summed E-state index contributed by atoms with van der Waals surface area (Å²) >= 11 is 0. The fourth-order valence-corrected chi connectivity index (χ4v) is 2.46. The first kappa shape index (κ1) is 9.85. The topological polar surface area (TPSA) is 58.5 Å². The van der Waals surface area contributed by atoms with Crippen molar-refractivity contribution in [2.45, 2.75) is 5.92 Å². The summed E-state index contributed by atoms with van der Waals surface area (Å²) in [5.74, 6) is 0.629. The van der Waals surface area contributed by atoms with Gasteiger partial charge in [-0.2, -0.15) is 5.10 Å². The maximum absolute atomic E-state index is 4.17. The molecule has 3 heterocycles. The summed E-state index contributed by atoms with van der Waals surface area (Å²) in [6.45, 7) is 2.14. The highest BCUT2D eigenvalue weighted by molar-refractivity contribution is 5.85. The fourth-order valence-electron chi connectivity index (χ4n) is 2.46. The van der Waals surface area contributed by atoms with Crippen molar-refractivity contribution in [1.82, 2.24) is 25.1 Å². The minimum atomic E-state index is 0.629. The van der Waals surface area contributed by atoms with Crippen molar-refractivity contribution in [1.29, 1.82) is 0 Å². The van der Waals surface area contributed by atoms with E-state index in [9.17, 15) is 0 Å². The molecule has 1 aliphatic heterocycles. The molecule has 0 aliphatic carbocycles. The van der Waals surface area contributed by atoms with Crippen molar-refractivity contribution in [2.75, 3.05) is 13.1 Å². The normalized spacial score (nSPS) is 16.0. The molecular formula is C13H13N5. The second-order valence-corrected chi connectivity index (χ2v) is 4.67. The van der Waals surface area contributed by atoms with E-state index in [4.69, 9.17) is 0 Å². The molecule has 1 saturated heterocycles. The zero-order valence-electron chi connectivity index (χ0n) is 9.80. The number of rotatable bonds is 2. The first-order valence-electron chi connectivity index (χ1n) is 6.08. The number of hydrogen-bond acceptors (Lipinski definition) is 3. The molecule has 0 atom stereocenters.